The number of hydrogen-bond donors (Lipinski definition) is 1. The van der Waals surface area contributed by atoms with E-state index in [0.29, 0.717) is 0 Å². The summed E-state index contributed by atoms with van der Waals surface area (Å²) >= 11 is 0. The molecule has 0 bridgehead atoms. The molecule has 1 aromatic carbocycles. The first kappa shape index (κ1) is 6.09. The Bertz CT molecular complexity index is 387. The lowest BCUT2D eigenvalue weighted by Gasteiger charge is -1.92. The van der Waals surface area contributed by atoms with Crippen molar-refractivity contribution in [3.63, 3.8) is 0 Å². The van der Waals surface area contributed by atoms with Crippen LogP contribution in [0.2, 0.25) is 0 Å². The molecule has 1 radical (unpaired) electrons. The summed E-state index contributed by atoms with van der Waals surface area (Å²) in [6, 6.07) is 10.0. The van der Waals surface area contributed by atoms with Gasteiger partial charge in [0.15, 0.2) is 0 Å². The van der Waals surface area contributed by atoms with Gasteiger partial charge in [-0.25, -0.2) is 0 Å². The first-order valence-electron chi connectivity index (χ1n) is 3.20. The molecule has 2 aromatic rings. The SMILES string of the molecule is Oc1[c]c2ccccc2nn1. The van der Waals surface area contributed by atoms with Gasteiger partial charge in [-0.05, 0) is 6.07 Å². The third kappa shape index (κ3) is 1.00. The summed E-state index contributed by atoms with van der Waals surface area (Å²) < 4.78 is 0. The largest absolute Gasteiger partial charge is 0.492 e. The van der Waals surface area contributed by atoms with E-state index < -0.39 is 0 Å². The summed E-state index contributed by atoms with van der Waals surface area (Å²) in [5.41, 5.74) is 0.741. The summed E-state index contributed by atoms with van der Waals surface area (Å²) in [5, 5.41) is 16.9. The summed E-state index contributed by atoms with van der Waals surface area (Å²) in [7, 11) is 0. The molecule has 0 spiro atoms. The van der Waals surface area contributed by atoms with Crippen LogP contribution in [0, 0.1) is 6.07 Å². The second-order valence-corrected chi connectivity index (χ2v) is 2.17. The highest BCUT2D eigenvalue weighted by atomic mass is 16.3. The van der Waals surface area contributed by atoms with E-state index in [9.17, 15) is 0 Å². The van der Waals surface area contributed by atoms with Gasteiger partial charge in [-0.2, -0.15) is 0 Å². The summed E-state index contributed by atoms with van der Waals surface area (Å²) in [6.45, 7) is 0. The average Bonchev–Trinajstić information content (AvgIpc) is 2.04. The minimum atomic E-state index is -0.163. The number of nitrogens with zero attached hydrogens (tertiary/aromatic N) is 2. The standard InChI is InChI=1S/C8H5N2O/c11-8-5-6-3-1-2-4-7(6)9-10-8/h1-4H,(H,10,11). The normalized spacial score (nSPS) is 10.2. The Labute approximate surface area is 63.3 Å². The number of hydrogen-bond acceptors (Lipinski definition) is 3. The molecule has 0 unspecified atom stereocenters. The third-order valence-electron chi connectivity index (χ3n) is 1.40. The molecular weight excluding hydrogens is 140 g/mol. The zero-order valence-corrected chi connectivity index (χ0v) is 5.65. The van der Waals surface area contributed by atoms with Crippen molar-refractivity contribution in [3.8, 4) is 5.88 Å². The minimum absolute atomic E-state index is 0.163. The molecule has 0 saturated carbocycles. The van der Waals surface area contributed by atoms with E-state index in [4.69, 9.17) is 5.11 Å². The predicted octanol–water partition coefficient (Wildman–Crippen LogP) is 1.14. The maximum absolute atomic E-state index is 8.90. The molecule has 2 rings (SSSR count). The molecule has 0 aliphatic heterocycles. The van der Waals surface area contributed by atoms with Crippen molar-refractivity contribution in [2.45, 2.75) is 0 Å². The molecule has 1 N–H and O–H groups in total. The molecule has 53 valence electrons. The molecule has 1 heterocycles. The van der Waals surface area contributed by atoms with Crippen molar-refractivity contribution in [1.82, 2.24) is 10.2 Å². The van der Waals surface area contributed by atoms with Gasteiger partial charge in [-0.15, -0.1) is 10.2 Å². The zero-order chi connectivity index (χ0) is 7.68. The molecule has 11 heavy (non-hydrogen) atoms. The number of benzene rings is 1. The molecular formula is C8H5N2O. The second kappa shape index (κ2) is 2.20. The van der Waals surface area contributed by atoms with Gasteiger partial charge in [0, 0.05) is 5.39 Å². The van der Waals surface area contributed by atoms with E-state index in [1.54, 1.807) is 0 Å². The topological polar surface area (TPSA) is 46.0 Å². The lowest BCUT2D eigenvalue weighted by Crippen LogP contribution is -1.82. The van der Waals surface area contributed by atoms with Crippen LogP contribution in [0.4, 0.5) is 0 Å². The van der Waals surface area contributed by atoms with Crippen molar-refractivity contribution in [3.05, 3.63) is 30.3 Å². The van der Waals surface area contributed by atoms with Gasteiger partial charge in [0.25, 0.3) is 0 Å². The van der Waals surface area contributed by atoms with Crippen LogP contribution in [0.3, 0.4) is 0 Å². The van der Waals surface area contributed by atoms with Gasteiger partial charge in [0.2, 0.25) is 5.88 Å². The number of rotatable bonds is 0. The molecule has 3 nitrogen and oxygen atoms in total. The molecule has 0 atom stereocenters. The molecule has 0 amide bonds. The van der Waals surface area contributed by atoms with Crippen molar-refractivity contribution in [1.29, 1.82) is 0 Å². The molecule has 0 fully saturated rings. The Hall–Kier alpha value is -1.64. The van der Waals surface area contributed by atoms with Gasteiger partial charge < -0.3 is 5.11 Å². The predicted molar refractivity (Wildman–Crippen MR) is 40.0 cm³/mol. The fourth-order valence-corrected chi connectivity index (χ4v) is 0.913. The van der Waals surface area contributed by atoms with Crippen molar-refractivity contribution < 1.29 is 5.11 Å². The van der Waals surface area contributed by atoms with E-state index in [-0.39, 0.29) is 5.88 Å². The fraction of sp³-hybridized carbons (Fsp3) is 0. The quantitative estimate of drug-likeness (QED) is 0.604. The Balaban J connectivity index is 2.83. The van der Waals surface area contributed by atoms with Crippen LogP contribution in [0.1, 0.15) is 0 Å². The number of aromatic nitrogens is 2. The van der Waals surface area contributed by atoms with Crippen LogP contribution in [0.5, 0.6) is 5.88 Å². The van der Waals surface area contributed by atoms with Gasteiger partial charge in [0.05, 0.1) is 11.6 Å². The Kier molecular flexibility index (Phi) is 1.22. The fourth-order valence-electron chi connectivity index (χ4n) is 0.913. The highest BCUT2D eigenvalue weighted by Crippen LogP contribution is 2.12. The first-order chi connectivity index (χ1) is 5.36. The lowest BCUT2D eigenvalue weighted by molar-refractivity contribution is 0.446. The van der Waals surface area contributed by atoms with Crippen LogP contribution < -0.4 is 0 Å². The van der Waals surface area contributed by atoms with Crippen LogP contribution >= 0.6 is 0 Å². The van der Waals surface area contributed by atoms with Gasteiger partial charge in [0.1, 0.15) is 0 Å². The zero-order valence-electron chi connectivity index (χ0n) is 5.65. The van der Waals surface area contributed by atoms with E-state index in [1.165, 1.54) is 0 Å². The van der Waals surface area contributed by atoms with Crippen LogP contribution in [0.15, 0.2) is 24.3 Å². The van der Waals surface area contributed by atoms with Crippen molar-refractivity contribution in [2.75, 3.05) is 0 Å². The van der Waals surface area contributed by atoms with Crippen LogP contribution in [-0.4, -0.2) is 15.3 Å². The second-order valence-electron chi connectivity index (χ2n) is 2.17. The molecule has 0 aliphatic rings. The Morgan fingerprint density at radius 2 is 2.00 bits per heavy atom. The van der Waals surface area contributed by atoms with Crippen molar-refractivity contribution >= 4 is 10.9 Å². The monoisotopic (exact) mass is 145 g/mol. The summed E-state index contributed by atoms with van der Waals surface area (Å²) in [4.78, 5) is 0. The Morgan fingerprint density at radius 1 is 1.18 bits per heavy atom. The lowest BCUT2D eigenvalue weighted by atomic mass is 10.2. The molecule has 3 heteroatoms. The van der Waals surface area contributed by atoms with E-state index in [0.717, 1.165) is 10.9 Å². The summed E-state index contributed by atoms with van der Waals surface area (Å²) in [5.74, 6) is -0.163. The number of fused-ring (bicyclic) bond motifs is 1. The molecule has 0 saturated heterocycles. The van der Waals surface area contributed by atoms with Crippen molar-refractivity contribution in [2.24, 2.45) is 0 Å². The van der Waals surface area contributed by atoms with Crippen LogP contribution in [0.25, 0.3) is 10.9 Å². The number of aromatic hydroxyl groups is 1. The maximum Gasteiger partial charge on any atom is 0.239 e. The maximum atomic E-state index is 8.90. The molecule has 1 aromatic heterocycles. The highest BCUT2D eigenvalue weighted by Gasteiger charge is 1.95. The summed E-state index contributed by atoms with van der Waals surface area (Å²) in [6.07, 6.45) is 0. The van der Waals surface area contributed by atoms with E-state index >= 15 is 0 Å². The van der Waals surface area contributed by atoms with E-state index in [1.807, 2.05) is 24.3 Å². The highest BCUT2D eigenvalue weighted by molar-refractivity contribution is 5.77. The Morgan fingerprint density at radius 3 is 2.91 bits per heavy atom. The van der Waals surface area contributed by atoms with E-state index in [2.05, 4.69) is 16.3 Å². The van der Waals surface area contributed by atoms with Gasteiger partial charge in [-0.3, -0.25) is 0 Å². The van der Waals surface area contributed by atoms with Gasteiger partial charge in [-0.1, -0.05) is 18.2 Å². The third-order valence-corrected chi connectivity index (χ3v) is 1.40. The average molecular weight is 145 g/mol. The minimum Gasteiger partial charge on any atom is -0.492 e. The smallest absolute Gasteiger partial charge is 0.239 e. The van der Waals surface area contributed by atoms with Crippen LogP contribution in [-0.2, 0) is 0 Å². The van der Waals surface area contributed by atoms with Gasteiger partial charge >= 0.3 is 0 Å². The molecule has 0 aliphatic carbocycles. The first-order valence-corrected chi connectivity index (χ1v) is 3.20.